The molecule has 1 aliphatic rings. The van der Waals surface area contributed by atoms with Gasteiger partial charge in [0, 0.05) is 0 Å². The highest BCUT2D eigenvalue weighted by Crippen LogP contribution is 2.17. The Morgan fingerprint density at radius 3 is 3.25 bits per heavy atom. The molecule has 0 spiro atoms. The van der Waals surface area contributed by atoms with Gasteiger partial charge in [-0.05, 0) is 6.92 Å². The van der Waals surface area contributed by atoms with Crippen molar-refractivity contribution >= 4 is 12.2 Å². The number of hydrogen-bond acceptors (Lipinski definition) is 4. The van der Waals surface area contributed by atoms with E-state index in [1.54, 1.807) is 4.47 Å². The Hall–Kier alpha value is 0.230. The summed E-state index contributed by atoms with van der Waals surface area (Å²) in [5.74, 6) is 0. The number of hydrogen-bond donors (Lipinski definition) is 0. The zero-order chi connectivity index (χ0) is 5.82. The SMILES string of the molecule is CCON1CCOS1. The van der Waals surface area contributed by atoms with E-state index in [4.69, 9.17) is 9.02 Å². The minimum absolute atomic E-state index is 0.719. The first kappa shape index (κ1) is 6.35. The van der Waals surface area contributed by atoms with Gasteiger partial charge in [-0.2, -0.15) is 0 Å². The standard InChI is InChI=1S/C4H9NO2S/c1-2-6-5-3-4-7-8-5/h2-4H2,1H3. The molecule has 1 aliphatic heterocycles. The highest BCUT2D eigenvalue weighted by molar-refractivity contribution is 7.92. The van der Waals surface area contributed by atoms with Crippen molar-refractivity contribution < 1.29 is 9.02 Å². The van der Waals surface area contributed by atoms with E-state index in [9.17, 15) is 0 Å². The molecule has 8 heavy (non-hydrogen) atoms. The van der Waals surface area contributed by atoms with Gasteiger partial charge in [0.2, 0.25) is 0 Å². The molecule has 0 amide bonds. The zero-order valence-electron chi connectivity index (χ0n) is 4.79. The van der Waals surface area contributed by atoms with Crippen molar-refractivity contribution in [3.63, 3.8) is 0 Å². The van der Waals surface area contributed by atoms with E-state index in [1.807, 2.05) is 6.92 Å². The maximum absolute atomic E-state index is 5.07. The van der Waals surface area contributed by atoms with Crippen molar-refractivity contribution in [1.29, 1.82) is 0 Å². The predicted molar refractivity (Wildman–Crippen MR) is 31.9 cm³/mol. The first-order chi connectivity index (χ1) is 3.93. The van der Waals surface area contributed by atoms with Crippen LogP contribution in [0.2, 0.25) is 0 Å². The average Bonchev–Trinajstić information content (AvgIpc) is 2.19. The molecule has 0 N–H and O–H groups in total. The molecule has 0 aliphatic carbocycles. The molecule has 0 aromatic rings. The van der Waals surface area contributed by atoms with Crippen LogP contribution in [0.25, 0.3) is 0 Å². The molecule has 0 unspecified atom stereocenters. The second kappa shape index (κ2) is 3.29. The lowest BCUT2D eigenvalue weighted by Gasteiger charge is -2.06. The minimum atomic E-state index is 0.719. The van der Waals surface area contributed by atoms with E-state index in [0.29, 0.717) is 0 Å². The largest absolute Gasteiger partial charge is 0.298 e. The molecule has 4 heteroatoms. The van der Waals surface area contributed by atoms with Crippen LogP contribution in [0.4, 0.5) is 0 Å². The zero-order valence-corrected chi connectivity index (χ0v) is 5.61. The van der Waals surface area contributed by atoms with Crippen LogP contribution in [0, 0.1) is 0 Å². The first-order valence-electron chi connectivity index (χ1n) is 2.63. The summed E-state index contributed by atoms with van der Waals surface area (Å²) >= 11 is 1.28. The number of hydroxylamine groups is 1. The second-order valence-electron chi connectivity index (χ2n) is 1.37. The molecular formula is C4H9NO2S. The third kappa shape index (κ3) is 1.63. The molecule has 0 saturated carbocycles. The summed E-state index contributed by atoms with van der Waals surface area (Å²) in [5, 5.41) is 0. The van der Waals surface area contributed by atoms with Crippen LogP contribution in [0.1, 0.15) is 6.92 Å². The number of rotatable bonds is 2. The van der Waals surface area contributed by atoms with Gasteiger partial charge in [0.05, 0.1) is 19.8 Å². The molecule has 0 radical (unpaired) electrons. The maximum Gasteiger partial charge on any atom is 0.109 e. The van der Waals surface area contributed by atoms with Crippen molar-refractivity contribution in [2.45, 2.75) is 6.92 Å². The third-order valence-electron chi connectivity index (χ3n) is 0.766. The van der Waals surface area contributed by atoms with Crippen LogP contribution in [-0.2, 0) is 9.02 Å². The summed E-state index contributed by atoms with van der Waals surface area (Å²) in [5.41, 5.74) is 0. The predicted octanol–water partition coefficient (Wildman–Crippen LogP) is 0.833. The van der Waals surface area contributed by atoms with Gasteiger partial charge in [-0.1, -0.05) is 0 Å². The van der Waals surface area contributed by atoms with Crippen LogP contribution >= 0.6 is 12.2 Å². The first-order valence-corrected chi connectivity index (χ1v) is 3.33. The Labute approximate surface area is 53.2 Å². The van der Waals surface area contributed by atoms with E-state index in [2.05, 4.69) is 0 Å². The van der Waals surface area contributed by atoms with E-state index in [1.165, 1.54) is 12.2 Å². The summed E-state index contributed by atoms with van der Waals surface area (Å²) < 4.78 is 6.66. The number of nitrogens with zero attached hydrogens (tertiary/aromatic N) is 1. The lowest BCUT2D eigenvalue weighted by molar-refractivity contribution is -0.0606. The van der Waals surface area contributed by atoms with Crippen LogP contribution in [0.15, 0.2) is 0 Å². The Balaban J connectivity index is 2.06. The second-order valence-corrected chi connectivity index (χ2v) is 2.16. The molecule has 0 atom stereocenters. The Kier molecular flexibility index (Phi) is 2.62. The Bertz CT molecular complexity index is 65.1. The summed E-state index contributed by atoms with van der Waals surface area (Å²) in [6.07, 6.45) is 0. The molecular weight excluding hydrogens is 126 g/mol. The summed E-state index contributed by atoms with van der Waals surface area (Å²) in [6, 6.07) is 0. The van der Waals surface area contributed by atoms with Crippen LogP contribution < -0.4 is 0 Å². The van der Waals surface area contributed by atoms with Gasteiger partial charge in [0.25, 0.3) is 0 Å². The molecule has 0 aromatic heterocycles. The van der Waals surface area contributed by atoms with Crippen molar-refractivity contribution in [3.8, 4) is 0 Å². The van der Waals surface area contributed by atoms with Crippen LogP contribution in [0.3, 0.4) is 0 Å². The van der Waals surface area contributed by atoms with Crippen LogP contribution in [-0.4, -0.2) is 24.2 Å². The van der Waals surface area contributed by atoms with Gasteiger partial charge in [-0.15, -0.1) is 4.47 Å². The Morgan fingerprint density at radius 2 is 2.75 bits per heavy atom. The van der Waals surface area contributed by atoms with E-state index < -0.39 is 0 Å². The summed E-state index contributed by atoms with van der Waals surface area (Å²) in [7, 11) is 0. The lowest BCUT2D eigenvalue weighted by Crippen LogP contribution is -2.12. The van der Waals surface area contributed by atoms with Crippen molar-refractivity contribution in [2.24, 2.45) is 0 Å². The minimum Gasteiger partial charge on any atom is -0.298 e. The molecule has 3 nitrogen and oxygen atoms in total. The fourth-order valence-corrected chi connectivity index (χ4v) is 1.04. The fourth-order valence-electron chi connectivity index (χ4n) is 0.475. The molecule has 48 valence electrons. The quantitative estimate of drug-likeness (QED) is 0.413. The van der Waals surface area contributed by atoms with Crippen molar-refractivity contribution in [3.05, 3.63) is 0 Å². The molecule has 0 bridgehead atoms. The maximum atomic E-state index is 5.07. The normalized spacial score (nSPS) is 22.1. The highest BCUT2D eigenvalue weighted by atomic mass is 32.2. The van der Waals surface area contributed by atoms with Gasteiger partial charge in [-0.3, -0.25) is 9.02 Å². The third-order valence-corrected chi connectivity index (χ3v) is 1.49. The average molecular weight is 135 g/mol. The van der Waals surface area contributed by atoms with Crippen molar-refractivity contribution in [2.75, 3.05) is 19.8 Å². The van der Waals surface area contributed by atoms with Gasteiger partial charge in [0.1, 0.15) is 12.2 Å². The molecule has 1 fully saturated rings. The van der Waals surface area contributed by atoms with Gasteiger partial charge < -0.3 is 0 Å². The molecule has 0 aromatic carbocycles. The summed E-state index contributed by atoms with van der Waals surface area (Å²) in [4.78, 5) is 5.07. The molecule has 1 saturated heterocycles. The Morgan fingerprint density at radius 1 is 1.88 bits per heavy atom. The van der Waals surface area contributed by atoms with Crippen molar-refractivity contribution in [1.82, 2.24) is 4.47 Å². The monoisotopic (exact) mass is 135 g/mol. The smallest absolute Gasteiger partial charge is 0.109 e. The molecule has 1 heterocycles. The van der Waals surface area contributed by atoms with E-state index in [0.717, 1.165) is 19.8 Å². The van der Waals surface area contributed by atoms with Gasteiger partial charge in [-0.25, -0.2) is 0 Å². The summed E-state index contributed by atoms with van der Waals surface area (Å²) in [6.45, 7) is 4.32. The topological polar surface area (TPSA) is 21.7 Å². The van der Waals surface area contributed by atoms with Gasteiger partial charge in [0.15, 0.2) is 0 Å². The van der Waals surface area contributed by atoms with E-state index >= 15 is 0 Å². The molecule has 1 rings (SSSR count). The lowest BCUT2D eigenvalue weighted by atomic mass is 10.7. The van der Waals surface area contributed by atoms with Crippen LogP contribution in [0.5, 0.6) is 0 Å². The fraction of sp³-hybridized carbons (Fsp3) is 1.00. The van der Waals surface area contributed by atoms with E-state index in [-0.39, 0.29) is 0 Å². The highest BCUT2D eigenvalue weighted by Gasteiger charge is 2.12. The van der Waals surface area contributed by atoms with Gasteiger partial charge >= 0.3 is 0 Å².